The molecule has 1 saturated heterocycles. The zero-order valence-corrected chi connectivity index (χ0v) is 16.8. The van der Waals surface area contributed by atoms with E-state index in [0.717, 1.165) is 26.1 Å². The predicted octanol–water partition coefficient (Wildman–Crippen LogP) is 5.78. The van der Waals surface area contributed by atoms with Crippen molar-refractivity contribution >= 4 is 6.03 Å². The molecule has 1 aliphatic heterocycles. The molecule has 4 nitrogen and oxygen atoms in total. The molecule has 148 valence electrons. The molecule has 2 amide bonds. The highest BCUT2D eigenvalue weighted by atomic mass is 16.2. The molecule has 0 aromatic carbocycles. The molecule has 0 spiro atoms. The van der Waals surface area contributed by atoms with Gasteiger partial charge in [0.2, 0.25) is 0 Å². The van der Waals surface area contributed by atoms with Gasteiger partial charge in [0.05, 0.1) is 0 Å². The van der Waals surface area contributed by atoms with Gasteiger partial charge in [-0.1, -0.05) is 103 Å². The Hall–Kier alpha value is -0.770. The standard InChI is InChI=1S/C21H43N3O/c1-2-3-4-5-6-7-8-9-10-11-12-13-14-15-16-17-18-22-21(25)23-24-19-20-24/h2-20H2,1H3,(H2,22,23,25). The number of nitrogens with zero attached hydrogens (tertiary/aromatic N) is 1. The van der Waals surface area contributed by atoms with Gasteiger partial charge in [0.25, 0.3) is 0 Å². The zero-order valence-electron chi connectivity index (χ0n) is 16.8. The first-order valence-corrected chi connectivity index (χ1v) is 11.1. The third kappa shape index (κ3) is 16.4. The summed E-state index contributed by atoms with van der Waals surface area (Å²) in [5, 5.41) is 4.82. The van der Waals surface area contributed by atoms with Crippen LogP contribution in [0.4, 0.5) is 4.79 Å². The molecule has 0 atom stereocenters. The van der Waals surface area contributed by atoms with E-state index in [1.165, 1.54) is 96.3 Å². The molecule has 0 radical (unpaired) electrons. The molecule has 0 aliphatic carbocycles. The second-order valence-corrected chi connectivity index (χ2v) is 7.66. The van der Waals surface area contributed by atoms with Gasteiger partial charge in [0.15, 0.2) is 0 Å². The van der Waals surface area contributed by atoms with Gasteiger partial charge in [-0.25, -0.2) is 9.80 Å². The van der Waals surface area contributed by atoms with E-state index in [1.54, 1.807) is 0 Å². The second kappa shape index (κ2) is 16.7. The molecule has 1 fully saturated rings. The number of carbonyl (C=O) groups excluding carboxylic acids is 1. The fraction of sp³-hybridized carbons (Fsp3) is 0.952. The third-order valence-corrected chi connectivity index (χ3v) is 5.02. The lowest BCUT2D eigenvalue weighted by Gasteiger charge is -2.07. The Morgan fingerprint density at radius 3 is 1.48 bits per heavy atom. The van der Waals surface area contributed by atoms with E-state index in [0.29, 0.717) is 0 Å². The summed E-state index contributed by atoms with van der Waals surface area (Å²) in [5.74, 6) is 0. The van der Waals surface area contributed by atoms with Gasteiger partial charge in [0.1, 0.15) is 0 Å². The van der Waals surface area contributed by atoms with E-state index >= 15 is 0 Å². The Labute approximate surface area is 156 Å². The van der Waals surface area contributed by atoms with Crippen molar-refractivity contribution in [3.63, 3.8) is 0 Å². The number of hydrogen-bond donors (Lipinski definition) is 2. The fourth-order valence-corrected chi connectivity index (χ4v) is 3.22. The first kappa shape index (κ1) is 22.3. The molecule has 1 heterocycles. The van der Waals surface area contributed by atoms with Gasteiger partial charge in [-0.2, -0.15) is 0 Å². The number of carbonyl (C=O) groups is 1. The van der Waals surface area contributed by atoms with Crippen LogP contribution in [0, 0.1) is 0 Å². The van der Waals surface area contributed by atoms with E-state index in [2.05, 4.69) is 17.7 Å². The number of hydrazine groups is 1. The highest BCUT2D eigenvalue weighted by molar-refractivity contribution is 5.73. The molecule has 0 bridgehead atoms. The van der Waals surface area contributed by atoms with Gasteiger partial charge in [0, 0.05) is 19.6 Å². The summed E-state index contributed by atoms with van der Waals surface area (Å²) in [6, 6.07) is -0.0431. The van der Waals surface area contributed by atoms with Crippen LogP contribution in [0.5, 0.6) is 0 Å². The molecule has 0 aromatic rings. The monoisotopic (exact) mass is 353 g/mol. The maximum absolute atomic E-state index is 11.4. The van der Waals surface area contributed by atoms with Crippen LogP contribution < -0.4 is 10.7 Å². The SMILES string of the molecule is CCCCCCCCCCCCCCCCCCNC(=O)NN1CC1. The minimum atomic E-state index is -0.0431. The number of unbranched alkanes of at least 4 members (excludes halogenated alkanes) is 15. The van der Waals surface area contributed by atoms with Gasteiger partial charge in [-0.15, -0.1) is 0 Å². The molecule has 2 N–H and O–H groups in total. The van der Waals surface area contributed by atoms with Crippen LogP contribution in [0.25, 0.3) is 0 Å². The van der Waals surface area contributed by atoms with E-state index in [4.69, 9.17) is 0 Å². The maximum atomic E-state index is 11.4. The topological polar surface area (TPSA) is 44.1 Å². The van der Waals surface area contributed by atoms with E-state index in [-0.39, 0.29) is 6.03 Å². The molecule has 0 aromatic heterocycles. The van der Waals surface area contributed by atoms with Crippen LogP contribution in [0.1, 0.15) is 110 Å². The maximum Gasteiger partial charge on any atom is 0.329 e. The quantitative estimate of drug-likeness (QED) is 0.242. The Balaban J connectivity index is 1.64. The Morgan fingerprint density at radius 2 is 1.08 bits per heavy atom. The van der Waals surface area contributed by atoms with Crippen LogP contribution in [-0.2, 0) is 0 Å². The summed E-state index contributed by atoms with van der Waals surface area (Å²) in [6.45, 7) is 5.07. The van der Waals surface area contributed by atoms with Crippen LogP contribution in [-0.4, -0.2) is 30.7 Å². The van der Waals surface area contributed by atoms with Gasteiger partial charge in [-0.3, -0.25) is 5.43 Å². The molecule has 1 rings (SSSR count). The Kier molecular flexibility index (Phi) is 14.9. The van der Waals surface area contributed by atoms with Crippen LogP contribution in [0.2, 0.25) is 0 Å². The van der Waals surface area contributed by atoms with Crippen molar-refractivity contribution < 1.29 is 4.79 Å². The van der Waals surface area contributed by atoms with Crippen molar-refractivity contribution in [3.05, 3.63) is 0 Å². The summed E-state index contributed by atoms with van der Waals surface area (Å²) in [7, 11) is 0. The van der Waals surface area contributed by atoms with Crippen molar-refractivity contribution in [2.24, 2.45) is 0 Å². The van der Waals surface area contributed by atoms with Crippen molar-refractivity contribution in [1.29, 1.82) is 0 Å². The van der Waals surface area contributed by atoms with Crippen LogP contribution >= 0.6 is 0 Å². The normalized spacial score (nSPS) is 13.8. The molecular weight excluding hydrogens is 310 g/mol. The highest BCUT2D eigenvalue weighted by Gasteiger charge is 2.18. The number of hydrogen-bond acceptors (Lipinski definition) is 2. The first-order chi connectivity index (χ1) is 12.3. The zero-order chi connectivity index (χ0) is 18.0. The van der Waals surface area contributed by atoms with Crippen LogP contribution in [0.3, 0.4) is 0 Å². The molecule has 25 heavy (non-hydrogen) atoms. The Bertz CT molecular complexity index is 306. The highest BCUT2D eigenvalue weighted by Crippen LogP contribution is 2.13. The average molecular weight is 354 g/mol. The van der Waals surface area contributed by atoms with Crippen molar-refractivity contribution in [2.45, 2.75) is 110 Å². The smallest absolute Gasteiger partial charge is 0.329 e. The summed E-state index contributed by atoms with van der Waals surface area (Å²) in [4.78, 5) is 11.4. The van der Waals surface area contributed by atoms with E-state index in [1.807, 2.05) is 5.01 Å². The number of nitrogens with one attached hydrogen (secondary N) is 2. The van der Waals surface area contributed by atoms with Crippen molar-refractivity contribution in [3.8, 4) is 0 Å². The molecule has 4 heteroatoms. The molecule has 0 saturated carbocycles. The number of urea groups is 1. The minimum Gasteiger partial charge on any atom is -0.337 e. The summed E-state index contributed by atoms with van der Waals surface area (Å²) >= 11 is 0. The largest absolute Gasteiger partial charge is 0.337 e. The lowest BCUT2D eigenvalue weighted by atomic mass is 10.0. The number of rotatable bonds is 18. The van der Waals surface area contributed by atoms with E-state index < -0.39 is 0 Å². The molecule has 0 unspecified atom stereocenters. The number of amides is 2. The summed E-state index contributed by atoms with van der Waals surface area (Å²) < 4.78 is 0. The lowest BCUT2D eigenvalue weighted by molar-refractivity contribution is 0.227. The summed E-state index contributed by atoms with van der Waals surface area (Å²) in [6.07, 6.45) is 22.1. The van der Waals surface area contributed by atoms with Crippen molar-refractivity contribution in [2.75, 3.05) is 19.6 Å². The van der Waals surface area contributed by atoms with E-state index in [9.17, 15) is 4.79 Å². The first-order valence-electron chi connectivity index (χ1n) is 11.1. The average Bonchev–Trinajstić information content (AvgIpc) is 3.41. The second-order valence-electron chi connectivity index (χ2n) is 7.66. The van der Waals surface area contributed by atoms with Gasteiger partial charge < -0.3 is 5.32 Å². The van der Waals surface area contributed by atoms with Crippen LogP contribution in [0.15, 0.2) is 0 Å². The van der Waals surface area contributed by atoms with Gasteiger partial charge >= 0.3 is 6.03 Å². The fourth-order valence-electron chi connectivity index (χ4n) is 3.22. The Morgan fingerprint density at radius 1 is 0.680 bits per heavy atom. The predicted molar refractivity (Wildman–Crippen MR) is 108 cm³/mol. The summed E-state index contributed by atoms with van der Waals surface area (Å²) in [5.41, 5.74) is 2.79. The minimum absolute atomic E-state index is 0.0431. The third-order valence-electron chi connectivity index (χ3n) is 5.02. The molecular formula is C21H43N3O. The van der Waals surface area contributed by atoms with Crippen molar-refractivity contribution in [1.82, 2.24) is 15.8 Å². The van der Waals surface area contributed by atoms with Gasteiger partial charge in [-0.05, 0) is 6.42 Å². The molecule has 1 aliphatic rings. The lowest BCUT2D eigenvalue weighted by Crippen LogP contribution is -2.39.